The van der Waals surface area contributed by atoms with Gasteiger partial charge in [-0.2, -0.15) is 0 Å². The molecule has 0 saturated heterocycles. The molecule has 0 rings (SSSR count). The molecule has 0 heterocycles. The van der Waals surface area contributed by atoms with Crippen molar-refractivity contribution in [2.24, 2.45) is 11.7 Å². The van der Waals surface area contributed by atoms with Crippen LogP contribution in [0.15, 0.2) is 0 Å². The standard InChI is InChI=1S/C9H18N2/c1-5-6-11-9(4,7-10)8(2)3/h1,8,11H,6-7,10H2,2-4H3. The Morgan fingerprint density at radius 1 is 1.64 bits per heavy atom. The van der Waals surface area contributed by atoms with Crippen LogP contribution in [-0.2, 0) is 0 Å². The Hall–Kier alpha value is -0.520. The molecule has 0 aromatic rings. The molecule has 0 aromatic heterocycles. The van der Waals surface area contributed by atoms with E-state index in [4.69, 9.17) is 12.2 Å². The van der Waals surface area contributed by atoms with Gasteiger partial charge in [-0.15, -0.1) is 6.42 Å². The highest BCUT2D eigenvalue weighted by molar-refractivity contribution is 4.94. The number of nitrogens with one attached hydrogen (secondary N) is 1. The molecule has 1 atom stereocenters. The van der Waals surface area contributed by atoms with E-state index in [0.717, 1.165) is 0 Å². The van der Waals surface area contributed by atoms with E-state index in [1.807, 2.05) is 0 Å². The van der Waals surface area contributed by atoms with Crippen LogP contribution in [0, 0.1) is 18.3 Å². The zero-order valence-corrected chi connectivity index (χ0v) is 7.65. The Morgan fingerprint density at radius 2 is 2.18 bits per heavy atom. The first kappa shape index (κ1) is 10.5. The van der Waals surface area contributed by atoms with E-state index in [2.05, 4.69) is 32.0 Å². The number of terminal acetylenes is 1. The Balaban J connectivity index is 4.01. The van der Waals surface area contributed by atoms with E-state index in [1.54, 1.807) is 0 Å². The summed E-state index contributed by atoms with van der Waals surface area (Å²) in [6, 6.07) is 0. The number of hydrogen-bond donors (Lipinski definition) is 2. The second-order valence-corrected chi connectivity index (χ2v) is 3.33. The molecule has 0 bridgehead atoms. The second-order valence-electron chi connectivity index (χ2n) is 3.33. The second kappa shape index (κ2) is 4.38. The molecule has 3 N–H and O–H groups in total. The molecular weight excluding hydrogens is 136 g/mol. The average Bonchev–Trinajstić information content (AvgIpc) is 2.00. The lowest BCUT2D eigenvalue weighted by atomic mass is 9.88. The first-order valence-corrected chi connectivity index (χ1v) is 3.95. The molecule has 0 saturated carbocycles. The van der Waals surface area contributed by atoms with Gasteiger partial charge in [-0.05, 0) is 12.8 Å². The van der Waals surface area contributed by atoms with Gasteiger partial charge in [-0.3, -0.25) is 5.32 Å². The van der Waals surface area contributed by atoms with Crippen molar-refractivity contribution in [1.29, 1.82) is 0 Å². The van der Waals surface area contributed by atoms with Crippen LogP contribution in [0.2, 0.25) is 0 Å². The van der Waals surface area contributed by atoms with E-state index in [-0.39, 0.29) is 5.54 Å². The van der Waals surface area contributed by atoms with Crippen LogP contribution >= 0.6 is 0 Å². The summed E-state index contributed by atoms with van der Waals surface area (Å²) in [4.78, 5) is 0. The first-order chi connectivity index (χ1) is 5.06. The van der Waals surface area contributed by atoms with Gasteiger partial charge in [0.2, 0.25) is 0 Å². The van der Waals surface area contributed by atoms with Gasteiger partial charge in [-0.1, -0.05) is 19.8 Å². The van der Waals surface area contributed by atoms with Gasteiger partial charge in [0, 0.05) is 12.1 Å². The molecule has 0 spiro atoms. The molecule has 0 aliphatic carbocycles. The van der Waals surface area contributed by atoms with Crippen molar-refractivity contribution in [3.63, 3.8) is 0 Å². The number of rotatable bonds is 4. The molecule has 2 heteroatoms. The van der Waals surface area contributed by atoms with E-state index in [9.17, 15) is 0 Å². The minimum atomic E-state index is -0.0215. The zero-order chi connectivity index (χ0) is 8.91. The van der Waals surface area contributed by atoms with Gasteiger partial charge < -0.3 is 5.73 Å². The summed E-state index contributed by atoms with van der Waals surface area (Å²) in [5, 5.41) is 3.23. The van der Waals surface area contributed by atoms with Crippen molar-refractivity contribution in [3.8, 4) is 12.3 Å². The van der Waals surface area contributed by atoms with Crippen molar-refractivity contribution < 1.29 is 0 Å². The van der Waals surface area contributed by atoms with E-state index < -0.39 is 0 Å². The van der Waals surface area contributed by atoms with Crippen molar-refractivity contribution in [1.82, 2.24) is 5.32 Å². The van der Waals surface area contributed by atoms with Crippen LogP contribution in [0.5, 0.6) is 0 Å². The molecule has 2 nitrogen and oxygen atoms in total. The minimum absolute atomic E-state index is 0.0215. The maximum atomic E-state index is 5.62. The fourth-order valence-electron chi connectivity index (χ4n) is 0.765. The number of hydrogen-bond acceptors (Lipinski definition) is 2. The largest absolute Gasteiger partial charge is 0.329 e. The van der Waals surface area contributed by atoms with E-state index in [1.165, 1.54) is 0 Å². The summed E-state index contributed by atoms with van der Waals surface area (Å²) in [6.45, 7) is 7.57. The van der Waals surface area contributed by atoms with Crippen LogP contribution < -0.4 is 11.1 Å². The number of nitrogens with two attached hydrogens (primary N) is 1. The Labute approximate surface area is 69.5 Å². The van der Waals surface area contributed by atoms with Crippen molar-refractivity contribution >= 4 is 0 Å². The van der Waals surface area contributed by atoms with Gasteiger partial charge in [0.1, 0.15) is 0 Å². The molecule has 11 heavy (non-hydrogen) atoms. The topological polar surface area (TPSA) is 38.0 Å². The SMILES string of the molecule is C#CCNC(C)(CN)C(C)C. The highest BCUT2D eigenvalue weighted by atomic mass is 15.0. The lowest BCUT2D eigenvalue weighted by Crippen LogP contribution is -2.52. The fourth-order valence-corrected chi connectivity index (χ4v) is 0.765. The maximum Gasteiger partial charge on any atom is 0.0578 e. The normalized spacial score (nSPS) is 16.0. The molecule has 0 aliphatic heterocycles. The quantitative estimate of drug-likeness (QED) is 0.581. The third-order valence-electron chi connectivity index (χ3n) is 2.29. The third-order valence-corrected chi connectivity index (χ3v) is 2.29. The van der Waals surface area contributed by atoms with Gasteiger partial charge in [0.05, 0.1) is 6.54 Å². The fraction of sp³-hybridized carbons (Fsp3) is 0.778. The van der Waals surface area contributed by atoms with Gasteiger partial charge in [0.15, 0.2) is 0 Å². The zero-order valence-electron chi connectivity index (χ0n) is 7.65. The minimum Gasteiger partial charge on any atom is -0.329 e. The predicted octanol–water partition coefficient (Wildman–Crippen LogP) is 0.583. The summed E-state index contributed by atoms with van der Waals surface area (Å²) in [5.41, 5.74) is 5.60. The van der Waals surface area contributed by atoms with Gasteiger partial charge in [-0.25, -0.2) is 0 Å². The van der Waals surface area contributed by atoms with Crippen LogP contribution in [0.3, 0.4) is 0 Å². The lowest BCUT2D eigenvalue weighted by molar-refractivity contribution is 0.281. The average molecular weight is 154 g/mol. The summed E-state index contributed by atoms with van der Waals surface area (Å²) in [6.07, 6.45) is 5.14. The van der Waals surface area contributed by atoms with E-state index in [0.29, 0.717) is 19.0 Å². The summed E-state index contributed by atoms with van der Waals surface area (Å²) in [7, 11) is 0. The maximum absolute atomic E-state index is 5.62. The van der Waals surface area contributed by atoms with Crippen LogP contribution in [-0.4, -0.2) is 18.6 Å². The first-order valence-electron chi connectivity index (χ1n) is 3.95. The molecule has 0 aliphatic rings. The Morgan fingerprint density at radius 3 is 2.45 bits per heavy atom. The van der Waals surface area contributed by atoms with Crippen molar-refractivity contribution in [2.75, 3.05) is 13.1 Å². The van der Waals surface area contributed by atoms with Crippen LogP contribution in [0.1, 0.15) is 20.8 Å². The molecule has 0 radical (unpaired) electrons. The highest BCUT2D eigenvalue weighted by Gasteiger charge is 2.24. The summed E-state index contributed by atoms with van der Waals surface area (Å²) in [5.74, 6) is 3.05. The van der Waals surface area contributed by atoms with Crippen molar-refractivity contribution in [3.05, 3.63) is 0 Å². The van der Waals surface area contributed by atoms with Crippen LogP contribution in [0.25, 0.3) is 0 Å². The molecule has 0 aromatic carbocycles. The van der Waals surface area contributed by atoms with E-state index >= 15 is 0 Å². The van der Waals surface area contributed by atoms with Gasteiger partial charge in [0.25, 0.3) is 0 Å². The van der Waals surface area contributed by atoms with Gasteiger partial charge >= 0.3 is 0 Å². The highest BCUT2D eigenvalue weighted by Crippen LogP contribution is 2.13. The Kier molecular flexibility index (Phi) is 4.17. The predicted molar refractivity (Wildman–Crippen MR) is 49.1 cm³/mol. The molecule has 0 amide bonds. The molecular formula is C9H18N2. The monoisotopic (exact) mass is 154 g/mol. The van der Waals surface area contributed by atoms with Crippen molar-refractivity contribution in [2.45, 2.75) is 26.3 Å². The summed E-state index contributed by atoms with van der Waals surface area (Å²) >= 11 is 0. The lowest BCUT2D eigenvalue weighted by Gasteiger charge is -2.32. The third kappa shape index (κ3) is 2.92. The smallest absolute Gasteiger partial charge is 0.0578 e. The summed E-state index contributed by atoms with van der Waals surface area (Å²) < 4.78 is 0. The Bertz CT molecular complexity index is 146. The van der Waals surface area contributed by atoms with Crippen LogP contribution in [0.4, 0.5) is 0 Å². The molecule has 64 valence electrons. The molecule has 0 fully saturated rings. The molecule has 1 unspecified atom stereocenters.